The van der Waals surface area contributed by atoms with Crippen LogP contribution in [0.5, 0.6) is 0 Å². The summed E-state index contributed by atoms with van der Waals surface area (Å²) in [6, 6.07) is 0. The van der Waals surface area contributed by atoms with Gasteiger partial charge in [-0.15, -0.1) is 0 Å². The van der Waals surface area contributed by atoms with Crippen molar-refractivity contribution in [3.8, 4) is 0 Å². The van der Waals surface area contributed by atoms with Gasteiger partial charge in [-0.2, -0.15) is 0 Å². The second-order valence-corrected chi connectivity index (χ2v) is 31.3. The van der Waals surface area contributed by atoms with Crippen LogP contribution >= 0.6 is 15.6 Å². The average molecular weight is 1420 g/mol. The van der Waals surface area contributed by atoms with E-state index >= 15 is 0 Å². The van der Waals surface area contributed by atoms with Crippen LogP contribution in [0.1, 0.15) is 413 Å². The van der Waals surface area contributed by atoms with Gasteiger partial charge in [-0.1, -0.05) is 362 Å². The molecule has 0 saturated carbocycles. The van der Waals surface area contributed by atoms with E-state index in [-0.39, 0.29) is 25.7 Å². The van der Waals surface area contributed by atoms with E-state index in [2.05, 4.69) is 34.6 Å². The van der Waals surface area contributed by atoms with Crippen molar-refractivity contribution in [2.45, 2.75) is 432 Å². The number of unbranched alkanes of at least 4 members (excludes halogenated alkanes) is 49. The molecular formula is C78H152O17P2. The number of hydrogen-bond acceptors (Lipinski definition) is 15. The molecule has 3 unspecified atom stereocenters. The Bertz CT molecular complexity index is 1860. The van der Waals surface area contributed by atoms with Crippen molar-refractivity contribution >= 4 is 39.5 Å². The van der Waals surface area contributed by atoms with Gasteiger partial charge in [0.1, 0.15) is 19.3 Å². The van der Waals surface area contributed by atoms with Gasteiger partial charge in [-0.05, 0) is 31.6 Å². The minimum absolute atomic E-state index is 0.106. The number of rotatable bonds is 78. The number of esters is 4. The molecule has 0 fully saturated rings. The van der Waals surface area contributed by atoms with Gasteiger partial charge in [0, 0.05) is 25.7 Å². The van der Waals surface area contributed by atoms with Crippen LogP contribution in [-0.4, -0.2) is 96.7 Å². The fourth-order valence-electron chi connectivity index (χ4n) is 12.0. The summed E-state index contributed by atoms with van der Waals surface area (Å²) in [5, 5.41) is 10.6. The first kappa shape index (κ1) is 95.1. The Morgan fingerprint density at radius 3 is 0.732 bits per heavy atom. The van der Waals surface area contributed by atoms with Crippen LogP contribution in [0.25, 0.3) is 0 Å². The van der Waals surface area contributed by atoms with Crippen LogP contribution in [0.15, 0.2) is 0 Å². The summed E-state index contributed by atoms with van der Waals surface area (Å²) in [5.41, 5.74) is 0. The van der Waals surface area contributed by atoms with E-state index in [0.717, 1.165) is 95.8 Å². The molecule has 0 amide bonds. The molecular weight excluding hydrogens is 1270 g/mol. The summed E-state index contributed by atoms with van der Waals surface area (Å²) in [5.74, 6) is -1.34. The zero-order valence-corrected chi connectivity index (χ0v) is 65.0. The Balaban J connectivity index is 5.23. The van der Waals surface area contributed by atoms with E-state index in [4.69, 9.17) is 37.0 Å². The summed E-state index contributed by atoms with van der Waals surface area (Å²) < 4.78 is 68.6. The standard InChI is InChI=1S/C78H152O17P2/c1-6-10-13-16-19-22-25-27-29-31-33-35-37-39-42-48-53-58-63-77(82)94-73(67-89-76(81)62-57-52-47-41-38-36-34-32-30-28-26-23-20-17-14-11-7-2)69-92-96(84,85)90-65-72(79)66-91-97(86,87)93-70-74(68-88-75(80)61-56-51-46-40-24-21-18-15-12-8-3)95-78(83)64-59-54-49-44-43-45-50-55-60-71(5)9-4/h71-74,79H,6-70H2,1-5H3,(H,84,85)(H,86,87)/t71?,72-,73-,74-/m1/s1. The molecule has 97 heavy (non-hydrogen) atoms. The lowest BCUT2D eigenvalue weighted by atomic mass is 9.99. The summed E-state index contributed by atoms with van der Waals surface area (Å²) in [6.07, 6.45) is 61.0. The Morgan fingerprint density at radius 2 is 0.495 bits per heavy atom. The molecule has 0 aromatic rings. The molecule has 0 aliphatic rings. The molecule has 3 N–H and O–H groups in total. The van der Waals surface area contributed by atoms with Crippen LogP contribution in [0, 0.1) is 5.92 Å². The third-order valence-corrected chi connectivity index (χ3v) is 20.5. The van der Waals surface area contributed by atoms with E-state index < -0.39 is 97.5 Å². The lowest BCUT2D eigenvalue weighted by molar-refractivity contribution is -0.161. The lowest BCUT2D eigenvalue weighted by Gasteiger charge is -2.21. The first-order valence-electron chi connectivity index (χ1n) is 40.7. The van der Waals surface area contributed by atoms with Crippen molar-refractivity contribution < 1.29 is 80.2 Å². The van der Waals surface area contributed by atoms with E-state index in [1.54, 1.807) is 0 Å². The van der Waals surface area contributed by atoms with Gasteiger partial charge in [-0.3, -0.25) is 37.3 Å². The van der Waals surface area contributed by atoms with Crippen molar-refractivity contribution in [2.75, 3.05) is 39.6 Å². The van der Waals surface area contributed by atoms with Crippen LogP contribution in [0.2, 0.25) is 0 Å². The van der Waals surface area contributed by atoms with Gasteiger partial charge >= 0.3 is 39.5 Å². The number of phosphoric acid groups is 2. The molecule has 0 saturated heterocycles. The minimum Gasteiger partial charge on any atom is -0.462 e. The monoisotopic (exact) mass is 1420 g/mol. The molecule has 0 radical (unpaired) electrons. The zero-order valence-electron chi connectivity index (χ0n) is 63.2. The summed E-state index contributed by atoms with van der Waals surface area (Å²) >= 11 is 0. The molecule has 17 nitrogen and oxygen atoms in total. The van der Waals surface area contributed by atoms with Crippen LogP contribution in [0.4, 0.5) is 0 Å². The highest BCUT2D eigenvalue weighted by molar-refractivity contribution is 7.47. The Kier molecular flexibility index (Phi) is 69.6. The Hall–Kier alpha value is -1.94. The topological polar surface area (TPSA) is 237 Å². The fourth-order valence-corrected chi connectivity index (χ4v) is 13.6. The maximum atomic E-state index is 13.1. The van der Waals surface area contributed by atoms with Gasteiger partial charge in [-0.25, -0.2) is 9.13 Å². The number of aliphatic hydroxyl groups is 1. The lowest BCUT2D eigenvalue weighted by Crippen LogP contribution is -2.30. The summed E-state index contributed by atoms with van der Waals surface area (Å²) in [6.45, 7) is 7.30. The number of aliphatic hydroxyl groups excluding tert-OH is 1. The highest BCUT2D eigenvalue weighted by Crippen LogP contribution is 2.45. The average Bonchev–Trinajstić information content (AvgIpc) is 1.42. The second-order valence-electron chi connectivity index (χ2n) is 28.3. The van der Waals surface area contributed by atoms with E-state index in [1.165, 1.54) is 238 Å². The van der Waals surface area contributed by atoms with Gasteiger partial charge in [0.15, 0.2) is 12.2 Å². The molecule has 6 atom stereocenters. The van der Waals surface area contributed by atoms with Crippen LogP contribution in [-0.2, 0) is 65.4 Å². The van der Waals surface area contributed by atoms with Gasteiger partial charge < -0.3 is 33.8 Å². The third kappa shape index (κ3) is 70.9. The zero-order chi connectivity index (χ0) is 71.2. The predicted octanol–water partition coefficient (Wildman–Crippen LogP) is 23.3. The molecule has 19 heteroatoms. The van der Waals surface area contributed by atoms with Crippen molar-refractivity contribution in [3.63, 3.8) is 0 Å². The molecule has 0 spiro atoms. The number of phosphoric ester groups is 2. The summed E-state index contributed by atoms with van der Waals surface area (Å²) in [7, 11) is -9.91. The molecule has 0 bridgehead atoms. The van der Waals surface area contributed by atoms with E-state index in [0.29, 0.717) is 25.7 Å². The number of ether oxygens (including phenoxy) is 4. The van der Waals surface area contributed by atoms with Gasteiger partial charge in [0.05, 0.1) is 26.4 Å². The SMILES string of the molecule is CCCCCCCCCCCCCCCCCCCCC(=O)O[C@H](COC(=O)CCCCCCCCCCCCCCCCCCC)COP(=O)(O)OC[C@@H](O)COP(=O)(O)OC[C@@H](COC(=O)CCCCCCCCCCCC)OC(=O)CCCCCCCCCCC(C)CC. The second kappa shape index (κ2) is 71.1. The fraction of sp³-hybridized carbons (Fsp3) is 0.949. The first-order valence-corrected chi connectivity index (χ1v) is 43.7. The van der Waals surface area contributed by atoms with Crippen molar-refractivity contribution in [3.05, 3.63) is 0 Å². The van der Waals surface area contributed by atoms with Crippen LogP contribution < -0.4 is 0 Å². The molecule has 576 valence electrons. The third-order valence-electron chi connectivity index (χ3n) is 18.6. The Morgan fingerprint density at radius 1 is 0.289 bits per heavy atom. The molecule has 0 aliphatic heterocycles. The number of carbonyl (C=O) groups excluding carboxylic acids is 4. The number of hydrogen-bond donors (Lipinski definition) is 3. The number of carbonyl (C=O) groups is 4. The first-order chi connectivity index (χ1) is 47.1. The highest BCUT2D eigenvalue weighted by Gasteiger charge is 2.30. The smallest absolute Gasteiger partial charge is 0.462 e. The van der Waals surface area contributed by atoms with Gasteiger partial charge in [0.25, 0.3) is 0 Å². The van der Waals surface area contributed by atoms with E-state index in [9.17, 15) is 43.2 Å². The molecule has 0 aromatic carbocycles. The van der Waals surface area contributed by atoms with Crippen LogP contribution in [0.3, 0.4) is 0 Å². The largest absolute Gasteiger partial charge is 0.472 e. The normalized spacial score (nSPS) is 14.2. The van der Waals surface area contributed by atoms with Crippen molar-refractivity contribution in [1.29, 1.82) is 0 Å². The molecule has 0 aliphatic carbocycles. The quantitative estimate of drug-likeness (QED) is 0.0222. The van der Waals surface area contributed by atoms with Crippen molar-refractivity contribution in [2.24, 2.45) is 5.92 Å². The van der Waals surface area contributed by atoms with Gasteiger partial charge in [0.2, 0.25) is 0 Å². The minimum atomic E-state index is -4.96. The Labute approximate surface area is 594 Å². The van der Waals surface area contributed by atoms with Crippen molar-refractivity contribution in [1.82, 2.24) is 0 Å². The molecule has 0 heterocycles. The molecule has 0 rings (SSSR count). The maximum absolute atomic E-state index is 13.1. The van der Waals surface area contributed by atoms with E-state index in [1.807, 2.05) is 0 Å². The highest BCUT2D eigenvalue weighted by atomic mass is 31.2. The maximum Gasteiger partial charge on any atom is 0.472 e. The predicted molar refractivity (Wildman–Crippen MR) is 395 cm³/mol. The molecule has 0 aromatic heterocycles. The summed E-state index contributed by atoms with van der Waals surface area (Å²) in [4.78, 5) is 72.9.